The first kappa shape index (κ1) is 12.4. The molecule has 0 aliphatic heterocycles. The van der Waals surface area contributed by atoms with E-state index in [1.165, 1.54) is 0 Å². The lowest BCUT2D eigenvalue weighted by atomic mass is 10.1. The lowest BCUT2D eigenvalue weighted by Gasteiger charge is -2.06. The number of aryl methyl sites for hydroxylation is 1. The molecule has 0 atom stereocenters. The smallest absolute Gasteiger partial charge is 0.138 e. The van der Waals surface area contributed by atoms with E-state index in [4.69, 9.17) is 4.42 Å². The first-order chi connectivity index (χ1) is 9.78. The molecular weight excluding hydrogens is 250 g/mol. The Bertz CT molecular complexity index is 740. The van der Waals surface area contributed by atoms with Crippen molar-refractivity contribution >= 4 is 12.4 Å². The SMILES string of the molecule is C=Nc1cccc(-c2occc2Cn2ccnc2C)c1. The van der Waals surface area contributed by atoms with Crippen LogP contribution in [0.3, 0.4) is 0 Å². The third kappa shape index (κ3) is 2.28. The third-order valence-electron chi connectivity index (χ3n) is 3.30. The summed E-state index contributed by atoms with van der Waals surface area (Å²) in [5, 5.41) is 0. The second kappa shape index (κ2) is 5.17. The van der Waals surface area contributed by atoms with E-state index < -0.39 is 0 Å². The molecule has 0 saturated carbocycles. The number of benzene rings is 1. The fraction of sp³-hybridized carbons (Fsp3) is 0.125. The zero-order valence-corrected chi connectivity index (χ0v) is 11.3. The summed E-state index contributed by atoms with van der Waals surface area (Å²) in [6.45, 7) is 6.28. The van der Waals surface area contributed by atoms with Crippen molar-refractivity contribution < 1.29 is 4.42 Å². The fourth-order valence-corrected chi connectivity index (χ4v) is 2.21. The molecule has 0 aliphatic carbocycles. The molecule has 0 spiro atoms. The molecule has 0 saturated heterocycles. The standard InChI is InChI=1S/C16H15N3O/c1-12-18-7-8-19(12)11-14-6-9-20-16(14)13-4-3-5-15(10-13)17-2/h3-10H,2,11H2,1H3. The lowest BCUT2D eigenvalue weighted by Crippen LogP contribution is -2.00. The summed E-state index contributed by atoms with van der Waals surface area (Å²) < 4.78 is 7.73. The number of imidazole rings is 1. The summed E-state index contributed by atoms with van der Waals surface area (Å²) >= 11 is 0. The first-order valence-electron chi connectivity index (χ1n) is 6.39. The van der Waals surface area contributed by atoms with Crippen molar-refractivity contribution in [3.8, 4) is 11.3 Å². The summed E-state index contributed by atoms with van der Waals surface area (Å²) in [7, 11) is 0. The molecular formula is C16H15N3O. The van der Waals surface area contributed by atoms with Crippen LogP contribution in [0.15, 0.2) is 58.4 Å². The molecule has 0 N–H and O–H groups in total. The van der Waals surface area contributed by atoms with E-state index in [1.807, 2.05) is 43.5 Å². The fourth-order valence-electron chi connectivity index (χ4n) is 2.21. The van der Waals surface area contributed by atoms with Gasteiger partial charge in [0.05, 0.1) is 18.5 Å². The maximum absolute atomic E-state index is 5.64. The predicted octanol–water partition coefficient (Wildman–Crippen LogP) is 3.83. The van der Waals surface area contributed by atoms with E-state index >= 15 is 0 Å². The van der Waals surface area contributed by atoms with Gasteiger partial charge in [0, 0.05) is 23.5 Å². The Morgan fingerprint density at radius 1 is 1.35 bits per heavy atom. The van der Waals surface area contributed by atoms with E-state index in [1.54, 1.807) is 12.5 Å². The Morgan fingerprint density at radius 3 is 3.00 bits per heavy atom. The zero-order valence-electron chi connectivity index (χ0n) is 11.3. The van der Waals surface area contributed by atoms with Gasteiger partial charge < -0.3 is 8.98 Å². The van der Waals surface area contributed by atoms with Gasteiger partial charge in [0.2, 0.25) is 0 Å². The largest absolute Gasteiger partial charge is 0.464 e. The molecule has 20 heavy (non-hydrogen) atoms. The summed E-state index contributed by atoms with van der Waals surface area (Å²) in [5.41, 5.74) is 2.96. The van der Waals surface area contributed by atoms with Crippen molar-refractivity contribution in [3.05, 3.63) is 60.4 Å². The van der Waals surface area contributed by atoms with Crippen molar-refractivity contribution in [1.29, 1.82) is 0 Å². The van der Waals surface area contributed by atoms with E-state index in [-0.39, 0.29) is 0 Å². The molecule has 0 aliphatic rings. The maximum Gasteiger partial charge on any atom is 0.138 e. The van der Waals surface area contributed by atoms with E-state index in [2.05, 4.69) is 21.3 Å². The molecule has 0 unspecified atom stereocenters. The highest BCUT2D eigenvalue weighted by molar-refractivity contribution is 5.66. The van der Waals surface area contributed by atoms with Gasteiger partial charge in [-0.2, -0.15) is 0 Å². The van der Waals surface area contributed by atoms with Crippen LogP contribution in [0.5, 0.6) is 0 Å². The van der Waals surface area contributed by atoms with E-state index in [0.717, 1.165) is 34.9 Å². The number of aromatic nitrogens is 2. The average Bonchev–Trinajstić information content (AvgIpc) is 3.09. The first-order valence-corrected chi connectivity index (χ1v) is 6.39. The Kier molecular flexibility index (Phi) is 3.21. The Hall–Kier alpha value is -2.62. The van der Waals surface area contributed by atoms with Gasteiger partial charge in [0.25, 0.3) is 0 Å². The van der Waals surface area contributed by atoms with Gasteiger partial charge in [-0.1, -0.05) is 12.1 Å². The van der Waals surface area contributed by atoms with Gasteiger partial charge in [0.1, 0.15) is 11.6 Å². The molecule has 1 aromatic carbocycles. The minimum absolute atomic E-state index is 0.739. The highest BCUT2D eigenvalue weighted by atomic mass is 16.3. The minimum atomic E-state index is 0.739. The molecule has 0 fully saturated rings. The van der Waals surface area contributed by atoms with Crippen molar-refractivity contribution in [1.82, 2.24) is 9.55 Å². The summed E-state index contributed by atoms with van der Waals surface area (Å²) in [5.74, 6) is 1.85. The van der Waals surface area contributed by atoms with Gasteiger partial charge in [-0.25, -0.2) is 4.98 Å². The van der Waals surface area contributed by atoms with Gasteiger partial charge in [-0.3, -0.25) is 4.99 Å². The van der Waals surface area contributed by atoms with Crippen molar-refractivity contribution in [2.45, 2.75) is 13.5 Å². The van der Waals surface area contributed by atoms with E-state index in [9.17, 15) is 0 Å². The second-order valence-corrected chi connectivity index (χ2v) is 4.59. The van der Waals surface area contributed by atoms with Crippen LogP contribution in [-0.2, 0) is 6.54 Å². The average molecular weight is 265 g/mol. The molecule has 0 bridgehead atoms. The van der Waals surface area contributed by atoms with Gasteiger partial charge in [0.15, 0.2) is 0 Å². The van der Waals surface area contributed by atoms with Crippen molar-refractivity contribution in [3.63, 3.8) is 0 Å². The monoisotopic (exact) mass is 265 g/mol. The summed E-state index contributed by atoms with van der Waals surface area (Å²) in [6, 6.07) is 9.84. The summed E-state index contributed by atoms with van der Waals surface area (Å²) in [4.78, 5) is 8.19. The molecule has 100 valence electrons. The molecule has 3 rings (SSSR count). The normalized spacial score (nSPS) is 10.7. The second-order valence-electron chi connectivity index (χ2n) is 4.59. The molecule has 4 nitrogen and oxygen atoms in total. The van der Waals surface area contributed by atoms with Gasteiger partial charge >= 0.3 is 0 Å². The van der Waals surface area contributed by atoms with Gasteiger partial charge in [-0.15, -0.1) is 0 Å². The third-order valence-corrected chi connectivity index (χ3v) is 3.30. The van der Waals surface area contributed by atoms with Crippen LogP contribution >= 0.6 is 0 Å². The van der Waals surface area contributed by atoms with Crippen LogP contribution in [0.25, 0.3) is 11.3 Å². The minimum Gasteiger partial charge on any atom is -0.464 e. The van der Waals surface area contributed by atoms with Crippen LogP contribution in [0.4, 0.5) is 5.69 Å². The lowest BCUT2D eigenvalue weighted by molar-refractivity contribution is 0.577. The van der Waals surface area contributed by atoms with Crippen molar-refractivity contribution in [2.24, 2.45) is 4.99 Å². The van der Waals surface area contributed by atoms with Gasteiger partial charge in [-0.05, 0) is 31.8 Å². The van der Waals surface area contributed by atoms with Crippen LogP contribution < -0.4 is 0 Å². The van der Waals surface area contributed by atoms with Crippen LogP contribution in [-0.4, -0.2) is 16.3 Å². The van der Waals surface area contributed by atoms with Crippen molar-refractivity contribution in [2.75, 3.05) is 0 Å². The topological polar surface area (TPSA) is 43.3 Å². The highest BCUT2D eigenvalue weighted by Gasteiger charge is 2.10. The number of hydrogen-bond donors (Lipinski definition) is 0. The Balaban J connectivity index is 1.97. The number of aliphatic imine (C=N–C) groups is 1. The predicted molar refractivity (Wildman–Crippen MR) is 79.4 cm³/mol. The number of furan rings is 1. The molecule has 4 heteroatoms. The molecule has 2 heterocycles. The Morgan fingerprint density at radius 2 is 2.25 bits per heavy atom. The number of rotatable bonds is 4. The number of nitrogens with zero attached hydrogens (tertiary/aromatic N) is 3. The molecule has 3 aromatic rings. The Labute approximate surface area is 117 Å². The quantitative estimate of drug-likeness (QED) is 0.673. The molecule has 2 aromatic heterocycles. The van der Waals surface area contributed by atoms with E-state index in [0.29, 0.717) is 0 Å². The van der Waals surface area contributed by atoms with Crippen LogP contribution in [0.1, 0.15) is 11.4 Å². The highest BCUT2D eigenvalue weighted by Crippen LogP contribution is 2.28. The van der Waals surface area contributed by atoms with Crippen LogP contribution in [0.2, 0.25) is 0 Å². The maximum atomic E-state index is 5.64. The molecule has 0 radical (unpaired) electrons. The van der Waals surface area contributed by atoms with Crippen LogP contribution in [0, 0.1) is 6.92 Å². The summed E-state index contributed by atoms with van der Waals surface area (Å²) in [6.07, 6.45) is 5.48. The zero-order chi connectivity index (χ0) is 13.9. The molecule has 0 amide bonds. The number of hydrogen-bond acceptors (Lipinski definition) is 3.